The minimum atomic E-state index is -0.316. The Bertz CT molecular complexity index is 493. The van der Waals surface area contributed by atoms with Crippen molar-refractivity contribution in [2.24, 2.45) is 5.41 Å². The Labute approximate surface area is 113 Å². The van der Waals surface area contributed by atoms with E-state index in [2.05, 4.69) is 16.7 Å². The first-order valence-corrected chi connectivity index (χ1v) is 6.94. The van der Waals surface area contributed by atoms with Gasteiger partial charge in [-0.2, -0.15) is 0 Å². The van der Waals surface area contributed by atoms with Crippen LogP contribution in [0.25, 0.3) is 0 Å². The third kappa shape index (κ3) is 2.38. The number of aliphatic hydroxyl groups is 1. The monoisotopic (exact) mass is 260 g/mol. The SMILES string of the molecule is O=C(NCO)c1ccc2c(c1)C[C@]1(CCNC1)CC2. The van der Waals surface area contributed by atoms with Gasteiger partial charge >= 0.3 is 0 Å². The highest BCUT2D eigenvalue weighted by molar-refractivity contribution is 5.94. The van der Waals surface area contributed by atoms with Crippen LogP contribution >= 0.6 is 0 Å². The molecule has 0 aromatic heterocycles. The molecule has 0 unspecified atom stereocenters. The molecule has 0 bridgehead atoms. The molecule has 1 amide bonds. The van der Waals surface area contributed by atoms with Gasteiger partial charge in [0.15, 0.2) is 0 Å². The molecule has 1 fully saturated rings. The molecule has 0 saturated carbocycles. The highest BCUT2D eigenvalue weighted by Gasteiger charge is 2.36. The molecule has 4 heteroatoms. The summed E-state index contributed by atoms with van der Waals surface area (Å²) >= 11 is 0. The highest BCUT2D eigenvalue weighted by Crippen LogP contribution is 2.40. The molecule has 0 radical (unpaired) electrons. The summed E-state index contributed by atoms with van der Waals surface area (Å²) in [5.41, 5.74) is 3.73. The lowest BCUT2D eigenvalue weighted by atomic mass is 9.71. The molecule has 1 aliphatic carbocycles. The zero-order valence-electron chi connectivity index (χ0n) is 11.0. The number of rotatable bonds is 2. The van der Waals surface area contributed by atoms with Gasteiger partial charge in [0.2, 0.25) is 0 Å². The second-order valence-corrected chi connectivity index (χ2v) is 5.75. The number of hydrogen-bond donors (Lipinski definition) is 3. The molecule has 3 rings (SSSR count). The van der Waals surface area contributed by atoms with E-state index in [1.807, 2.05) is 12.1 Å². The zero-order valence-corrected chi connectivity index (χ0v) is 11.0. The van der Waals surface area contributed by atoms with Crippen LogP contribution in [0.2, 0.25) is 0 Å². The number of aliphatic hydroxyl groups excluding tert-OH is 1. The van der Waals surface area contributed by atoms with Crippen LogP contribution in [0.15, 0.2) is 18.2 Å². The molecule has 1 saturated heterocycles. The van der Waals surface area contributed by atoms with Crippen LogP contribution in [0.5, 0.6) is 0 Å². The Kier molecular flexibility index (Phi) is 3.29. The normalized spacial score (nSPS) is 25.3. The first-order valence-electron chi connectivity index (χ1n) is 6.94. The van der Waals surface area contributed by atoms with E-state index in [-0.39, 0.29) is 12.6 Å². The van der Waals surface area contributed by atoms with Gasteiger partial charge in [0.25, 0.3) is 5.91 Å². The van der Waals surface area contributed by atoms with Crippen molar-refractivity contribution in [3.63, 3.8) is 0 Å². The smallest absolute Gasteiger partial charge is 0.253 e. The van der Waals surface area contributed by atoms with E-state index in [1.54, 1.807) is 0 Å². The van der Waals surface area contributed by atoms with Crippen LogP contribution in [-0.4, -0.2) is 30.8 Å². The maximum Gasteiger partial charge on any atom is 0.253 e. The number of hydrogen-bond acceptors (Lipinski definition) is 3. The van der Waals surface area contributed by atoms with Gasteiger partial charge in [-0.25, -0.2) is 0 Å². The van der Waals surface area contributed by atoms with Crippen molar-refractivity contribution in [2.75, 3.05) is 19.8 Å². The van der Waals surface area contributed by atoms with Crippen molar-refractivity contribution in [1.82, 2.24) is 10.6 Å². The molecule has 1 aliphatic heterocycles. The molecule has 4 nitrogen and oxygen atoms in total. The highest BCUT2D eigenvalue weighted by atomic mass is 16.3. The summed E-state index contributed by atoms with van der Waals surface area (Å²) < 4.78 is 0. The number of benzene rings is 1. The molecule has 1 atom stereocenters. The van der Waals surface area contributed by atoms with Crippen molar-refractivity contribution in [3.05, 3.63) is 34.9 Å². The van der Waals surface area contributed by atoms with E-state index < -0.39 is 0 Å². The van der Waals surface area contributed by atoms with Gasteiger partial charge in [-0.15, -0.1) is 0 Å². The van der Waals surface area contributed by atoms with Gasteiger partial charge in [-0.1, -0.05) is 6.07 Å². The fraction of sp³-hybridized carbons (Fsp3) is 0.533. The van der Waals surface area contributed by atoms with Crippen molar-refractivity contribution in [3.8, 4) is 0 Å². The average molecular weight is 260 g/mol. The maximum absolute atomic E-state index is 11.8. The molecule has 2 aliphatic rings. The fourth-order valence-electron chi connectivity index (χ4n) is 3.40. The van der Waals surface area contributed by atoms with E-state index in [4.69, 9.17) is 5.11 Å². The molecule has 1 heterocycles. The van der Waals surface area contributed by atoms with Gasteiger partial charge in [-0.3, -0.25) is 4.79 Å². The predicted octanol–water partition coefficient (Wildman–Crippen LogP) is 0.835. The zero-order chi connectivity index (χ0) is 13.3. The molecule has 102 valence electrons. The fourth-order valence-corrected chi connectivity index (χ4v) is 3.40. The van der Waals surface area contributed by atoms with Crippen LogP contribution in [0.1, 0.15) is 34.3 Å². The first-order chi connectivity index (χ1) is 9.22. The summed E-state index contributed by atoms with van der Waals surface area (Å²) in [4.78, 5) is 11.8. The summed E-state index contributed by atoms with van der Waals surface area (Å²) in [6, 6.07) is 5.92. The minimum absolute atomic E-state index is 0.200. The Balaban J connectivity index is 1.85. The Morgan fingerprint density at radius 3 is 3.00 bits per heavy atom. The van der Waals surface area contributed by atoms with Crippen LogP contribution in [-0.2, 0) is 12.8 Å². The largest absolute Gasteiger partial charge is 0.376 e. The van der Waals surface area contributed by atoms with E-state index in [0.29, 0.717) is 11.0 Å². The first kappa shape index (κ1) is 12.6. The summed E-state index contributed by atoms with van der Waals surface area (Å²) in [6.45, 7) is 1.89. The topological polar surface area (TPSA) is 61.4 Å². The van der Waals surface area contributed by atoms with Gasteiger partial charge < -0.3 is 15.7 Å². The summed E-state index contributed by atoms with van der Waals surface area (Å²) in [7, 11) is 0. The molecular weight excluding hydrogens is 240 g/mol. The van der Waals surface area contributed by atoms with Gasteiger partial charge in [0, 0.05) is 12.1 Å². The van der Waals surface area contributed by atoms with Crippen molar-refractivity contribution < 1.29 is 9.90 Å². The van der Waals surface area contributed by atoms with E-state index in [1.165, 1.54) is 24.0 Å². The number of amides is 1. The predicted molar refractivity (Wildman–Crippen MR) is 72.9 cm³/mol. The number of aryl methyl sites for hydroxylation is 1. The Hall–Kier alpha value is -1.39. The minimum Gasteiger partial charge on any atom is -0.376 e. The summed E-state index contributed by atoms with van der Waals surface area (Å²) in [5.74, 6) is -0.200. The van der Waals surface area contributed by atoms with Crippen molar-refractivity contribution in [2.45, 2.75) is 25.7 Å². The lowest BCUT2D eigenvalue weighted by Crippen LogP contribution is -2.31. The standard InChI is InChI=1S/C15H20N2O2/c18-10-17-14(19)12-2-1-11-3-4-15(5-6-16-9-15)8-13(11)7-12/h1-2,7,16,18H,3-6,8-10H2,(H,17,19)/t15-/m1/s1. The van der Waals surface area contributed by atoms with E-state index in [0.717, 1.165) is 25.9 Å². The van der Waals surface area contributed by atoms with Gasteiger partial charge in [0.1, 0.15) is 6.73 Å². The average Bonchev–Trinajstić information content (AvgIpc) is 2.86. The third-order valence-electron chi connectivity index (χ3n) is 4.53. The lowest BCUT2D eigenvalue weighted by molar-refractivity contribution is 0.0910. The molecule has 1 spiro atoms. The quantitative estimate of drug-likeness (QED) is 0.690. The van der Waals surface area contributed by atoms with Crippen LogP contribution in [0.3, 0.4) is 0 Å². The van der Waals surface area contributed by atoms with Crippen LogP contribution in [0.4, 0.5) is 0 Å². The van der Waals surface area contributed by atoms with E-state index >= 15 is 0 Å². The third-order valence-corrected chi connectivity index (χ3v) is 4.53. The number of fused-ring (bicyclic) bond motifs is 1. The van der Waals surface area contributed by atoms with Crippen LogP contribution < -0.4 is 10.6 Å². The molecular formula is C15H20N2O2. The van der Waals surface area contributed by atoms with Gasteiger partial charge in [-0.05, 0) is 60.9 Å². The van der Waals surface area contributed by atoms with Crippen LogP contribution in [0, 0.1) is 5.41 Å². The summed E-state index contributed by atoms with van der Waals surface area (Å²) in [6.07, 6.45) is 4.66. The van der Waals surface area contributed by atoms with Gasteiger partial charge in [0.05, 0.1) is 0 Å². The number of carbonyl (C=O) groups is 1. The second-order valence-electron chi connectivity index (χ2n) is 5.75. The van der Waals surface area contributed by atoms with Crippen molar-refractivity contribution in [1.29, 1.82) is 0 Å². The molecule has 1 aromatic rings. The lowest BCUT2D eigenvalue weighted by Gasteiger charge is -2.34. The number of nitrogens with one attached hydrogen (secondary N) is 2. The summed E-state index contributed by atoms with van der Waals surface area (Å²) in [5, 5.41) is 14.7. The molecule has 1 aromatic carbocycles. The Morgan fingerprint density at radius 2 is 2.26 bits per heavy atom. The molecule has 19 heavy (non-hydrogen) atoms. The molecule has 3 N–H and O–H groups in total. The maximum atomic E-state index is 11.8. The van der Waals surface area contributed by atoms with E-state index in [9.17, 15) is 4.79 Å². The number of carbonyl (C=O) groups excluding carboxylic acids is 1. The van der Waals surface area contributed by atoms with Crippen molar-refractivity contribution >= 4 is 5.91 Å². The second kappa shape index (κ2) is 4.94. The Morgan fingerprint density at radius 1 is 1.37 bits per heavy atom.